The Balaban J connectivity index is 1.35. The van der Waals surface area contributed by atoms with Crippen LogP contribution in [0, 0.1) is 5.92 Å². The SMILES string of the molecule is O=C(OC(c1ccccc1)c1ccccc1)[C@@H]1[C@H](C(=O)c2ccco2)N2c3ccccc3C=C[C@H]2[C@@]12C(=O)Nc1ccccc12. The van der Waals surface area contributed by atoms with E-state index in [1.54, 1.807) is 12.1 Å². The molecule has 1 fully saturated rings. The van der Waals surface area contributed by atoms with Crippen LogP contribution < -0.4 is 10.2 Å². The molecule has 0 aliphatic carbocycles. The van der Waals surface area contributed by atoms with Gasteiger partial charge >= 0.3 is 5.97 Å². The van der Waals surface area contributed by atoms with Crippen LogP contribution in [0.25, 0.3) is 6.08 Å². The number of anilines is 2. The first-order valence-electron chi connectivity index (χ1n) is 14.9. The van der Waals surface area contributed by atoms with E-state index in [9.17, 15) is 9.59 Å². The number of Topliss-reactive ketones (excluding diaryl/α,β-unsaturated/α-hetero) is 1. The van der Waals surface area contributed by atoms with Crippen molar-refractivity contribution in [1.29, 1.82) is 0 Å². The third kappa shape index (κ3) is 4.00. The van der Waals surface area contributed by atoms with Gasteiger partial charge in [-0.3, -0.25) is 14.4 Å². The van der Waals surface area contributed by atoms with Gasteiger partial charge in [0.1, 0.15) is 17.4 Å². The summed E-state index contributed by atoms with van der Waals surface area (Å²) >= 11 is 0. The largest absolute Gasteiger partial charge is 0.461 e. The molecule has 1 spiro atoms. The summed E-state index contributed by atoms with van der Waals surface area (Å²) in [5, 5.41) is 3.04. The van der Waals surface area contributed by atoms with Crippen LogP contribution in [0.2, 0.25) is 0 Å². The molecular formula is C38H28N2O5. The van der Waals surface area contributed by atoms with Crippen molar-refractivity contribution in [1.82, 2.24) is 0 Å². The van der Waals surface area contributed by atoms with E-state index in [1.807, 2.05) is 126 Å². The van der Waals surface area contributed by atoms with E-state index in [4.69, 9.17) is 9.15 Å². The molecule has 0 radical (unpaired) electrons. The minimum Gasteiger partial charge on any atom is -0.461 e. The van der Waals surface area contributed by atoms with Gasteiger partial charge in [0.2, 0.25) is 11.7 Å². The smallest absolute Gasteiger partial charge is 0.314 e. The number of furan rings is 1. The normalized spacial score (nSPS) is 22.6. The van der Waals surface area contributed by atoms with Gasteiger partial charge < -0.3 is 19.4 Å². The Labute approximate surface area is 259 Å². The maximum Gasteiger partial charge on any atom is 0.314 e. The van der Waals surface area contributed by atoms with Crippen LogP contribution in [0.4, 0.5) is 11.4 Å². The quantitative estimate of drug-likeness (QED) is 0.177. The van der Waals surface area contributed by atoms with Crippen LogP contribution in [0.1, 0.15) is 38.9 Å². The molecule has 4 atom stereocenters. The van der Waals surface area contributed by atoms with Gasteiger partial charge in [-0.1, -0.05) is 109 Å². The number of para-hydroxylation sites is 2. The zero-order chi connectivity index (χ0) is 30.5. The van der Waals surface area contributed by atoms with Gasteiger partial charge in [0.25, 0.3) is 0 Å². The maximum absolute atomic E-state index is 15.0. The van der Waals surface area contributed by atoms with Crippen molar-refractivity contribution >= 4 is 35.1 Å². The van der Waals surface area contributed by atoms with Gasteiger partial charge in [-0.05, 0) is 46.5 Å². The molecule has 3 aliphatic heterocycles. The number of benzene rings is 4. The first-order valence-corrected chi connectivity index (χ1v) is 14.9. The van der Waals surface area contributed by atoms with Crippen molar-refractivity contribution in [3.05, 3.63) is 162 Å². The van der Waals surface area contributed by atoms with Gasteiger partial charge in [0, 0.05) is 11.4 Å². The number of ketones is 1. The van der Waals surface area contributed by atoms with E-state index in [-0.39, 0.29) is 11.7 Å². The molecule has 8 rings (SSSR count). The average molecular weight is 593 g/mol. The number of amides is 1. The summed E-state index contributed by atoms with van der Waals surface area (Å²) in [6.07, 6.45) is 4.57. The zero-order valence-electron chi connectivity index (χ0n) is 24.1. The number of fused-ring (bicyclic) bond motifs is 6. The maximum atomic E-state index is 15.0. The van der Waals surface area contributed by atoms with Crippen LogP contribution in [0.3, 0.4) is 0 Å². The minimum absolute atomic E-state index is 0.106. The van der Waals surface area contributed by atoms with Crippen LogP contribution in [0.15, 0.2) is 138 Å². The molecule has 1 aromatic heterocycles. The summed E-state index contributed by atoms with van der Waals surface area (Å²) in [5.41, 5.74) is 2.98. The fourth-order valence-electron chi connectivity index (χ4n) is 7.42. The predicted octanol–water partition coefficient (Wildman–Crippen LogP) is 6.59. The molecule has 45 heavy (non-hydrogen) atoms. The Morgan fingerprint density at radius 2 is 1.47 bits per heavy atom. The van der Waals surface area contributed by atoms with E-state index < -0.39 is 41.3 Å². The van der Waals surface area contributed by atoms with Gasteiger partial charge in [0.05, 0.1) is 12.3 Å². The summed E-state index contributed by atoms with van der Waals surface area (Å²) in [6.45, 7) is 0. The average Bonchev–Trinajstić information content (AvgIpc) is 3.81. The van der Waals surface area contributed by atoms with Crippen LogP contribution in [0.5, 0.6) is 0 Å². The Hall–Kier alpha value is -5.69. The monoisotopic (exact) mass is 592 g/mol. The predicted molar refractivity (Wildman–Crippen MR) is 170 cm³/mol. The number of rotatable bonds is 6. The van der Waals surface area contributed by atoms with Gasteiger partial charge in [0.15, 0.2) is 11.9 Å². The number of carbonyl (C=O) groups excluding carboxylic acids is 3. The Morgan fingerprint density at radius 1 is 0.800 bits per heavy atom. The molecule has 4 heterocycles. The van der Waals surface area contributed by atoms with Crippen molar-refractivity contribution < 1.29 is 23.5 Å². The second-order valence-corrected chi connectivity index (χ2v) is 11.5. The fourth-order valence-corrected chi connectivity index (χ4v) is 7.42. The van der Waals surface area contributed by atoms with Gasteiger partial charge in [-0.2, -0.15) is 0 Å². The first kappa shape index (κ1) is 26.9. The molecule has 7 heteroatoms. The molecule has 7 nitrogen and oxygen atoms in total. The molecule has 0 unspecified atom stereocenters. The molecule has 1 N–H and O–H groups in total. The van der Waals surface area contributed by atoms with E-state index in [0.717, 1.165) is 22.4 Å². The number of hydrogen-bond acceptors (Lipinski definition) is 6. The molecule has 0 bridgehead atoms. The highest BCUT2D eigenvalue weighted by Crippen LogP contribution is 2.58. The highest BCUT2D eigenvalue weighted by Gasteiger charge is 2.71. The number of esters is 1. The lowest BCUT2D eigenvalue weighted by atomic mass is 9.66. The molecule has 1 saturated heterocycles. The summed E-state index contributed by atoms with van der Waals surface area (Å²) in [7, 11) is 0. The van der Waals surface area contributed by atoms with Crippen molar-refractivity contribution in [2.45, 2.75) is 23.6 Å². The first-order chi connectivity index (χ1) is 22.1. The third-order valence-electron chi connectivity index (χ3n) is 9.27. The van der Waals surface area contributed by atoms with Crippen LogP contribution in [-0.4, -0.2) is 29.7 Å². The van der Waals surface area contributed by atoms with Crippen LogP contribution >= 0.6 is 0 Å². The molecule has 3 aliphatic rings. The van der Waals surface area contributed by atoms with Crippen molar-refractivity contribution in [3.63, 3.8) is 0 Å². The fraction of sp³-hybridized carbons (Fsp3) is 0.132. The summed E-state index contributed by atoms with van der Waals surface area (Å²) < 4.78 is 12.1. The lowest BCUT2D eigenvalue weighted by molar-refractivity contribution is -0.156. The molecule has 5 aromatic rings. The van der Waals surface area contributed by atoms with Crippen molar-refractivity contribution in [3.8, 4) is 0 Å². The number of nitrogens with one attached hydrogen (secondary N) is 1. The van der Waals surface area contributed by atoms with Gasteiger partial charge in [-0.25, -0.2) is 0 Å². The molecule has 4 aromatic carbocycles. The Bertz CT molecular complexity index is 1910. The lowest BCUT2D eigenvalue weighted by Crippen LogP contribution is -2.51. The number of ether oxygens (including phenoxy) is 1. The lowest BCUT2D eigenvalue weighted by Gasteiger charge is -2.37. The number of carbonyl (C=O) groups is 3. The summed E-state index contributed by atoms with van der Waals surface area (Å²) in [6, 6.07) is 35.5. The number of nitrogens with zero attached hydrogens (tertiary/aromatic N) is 1. The summed E-state index contributed by atoms with van der Waals surface area (Å²) in [5.74, 6) is -2.52. The molecule has 0 saturated carbocycles. The van der Waals surface area contributed by atoms with Crippen molar-refractivity contribution in [2.24, 2.45) is 5.92 Å². The van der Waals surface area contributed by atoms with E-state index in [1.165, 1.54) is 6.26 Å². The Kier molecular flexibility index (Phi) is 6.27. The second-order valence-electron chi connectivity index (χ2n) is 11.5. The minimum atomic E-state index is -1.47. The third-order valence-corrected chi connectivity index (χ3v) is 9.27. The highest BCUT2D eigenvalue weighted by atomic mass is 16.5. The topological polar surface area (TPSA) is 88.9 Å². The zero-order valence-corrected chi connectivity index (χ0v) is 24.1. The van der Waals surface area contributed by atoms with Gasteiger partial charge in [-0.15, -0.1) is 0 Å². The van der Waals surface area contributed by atoms with Crippen molar-refractivity contribution in [2.75, 3.05) is 10.2 Å². The Morgan fingerprint density at radius 3 is 2.18 bits per heavy atom. The highest BCUT2D eigenvalue weighted by molar-refractivity contribution is 6.15. The molecule has 1 amide bonds. The summed E-state index contributed by atoms with van der Waals surface area (Å²) in [4.78, 5) is 46.0. The molecular weight excluding hydrogens is 564 g/mol. The number of hydrogen-bond donors (Lipinski definition) is 1. The molecule has 220 valence electrons. The van der Waals surface area contributed by atoms with E-state index in [0.29, 0.717) is 11.3 Å². The van der Waals surface area contributed by atoms with E-state index in [2.05, 4.69) is 5.32 Å². The second kappa shape index (κ2) is 10.5. The van der Waals surface area contributed by atoms with E-state index >= 15 is 4.79 Å². The van der Waals surface area contributed by atoms with Crippen LogP contribution in [-0.2, 0) is 19.7 Å². The standard InChI is InChI=1S/C38H28N2O5/c41-34(30-20-11-23-44-30)33-32(36(42)45-35(25-13-3-1-4-14-25)26-15-5-2-6-16-26)38(27-17-8-9-18-28(27)39-37(38)43)31-22-21-24-12-7-10-19-29(24)40(31)33/h1-23,31-33,35H,(H,39,43)/t31-,32-,33+,38+/m0/s1.